The highest BCUT2D eigenvalue weighted by Crippen LogP contribution is 2.22. The molecular formula is C14H22N2O2. The Kier molecular flexibility index (Phi) is 5.16. The molecule has 18 heavy (non-hydrogen) atoms. The van der Waals surface area contributed by atoms with Crippen LogP contribution in [0.3, 0.4) is 0 Å². The van der Waals surface area contributed by atoms with E-state index in [0.29, 0.717) is 6.42 Å². The maximum Gasteiger partial charge on any atom is 0.241 e. The van der Waals surface area contributed by atoms with Crippen molar-refractivity contribution >= 4 is 11.6 Å². The zero-order valence-electron chi connectivity index (χ0n) is 11.5. The monoisotopic (exact) mass is 250 g/mol. The van der Waals surface area contributed by atoms with Gasteiger partial charge in [-0.1, -0.05) is 6.92 Å². The summed E-state index contributed by atoms with van der Waals surface area (Å²) in [6.45, 7) is 7.77. The fourth-order valence-electron chi connectivity index (χ4n) is 1.53. The van der Waals surface area contributed by atoms with Gasteiger partial charge in [-0.2, -0.15) is 0 Å². The number of carbonyl (C=O) groups excluding carboxylic acids is 1. The summed E-state index contributed by atoms with van der Waals surface area (Å²) in [5.74, 6) is 0.651. The number of nitrogens with one attached hydrogen (secondary N) is 1. The number of anilines is 1. The molecule has 0 aromatic heterocycles. The number of nitrogens with two attached hydrogens (primary N) is 1. The van der Waals surface area contributed by atoms with E-state index >= 15 is 0 Å². The zero-order chi connectivity index (χ0) is 13.7. The molecule has 1 rings (SSSR count). The van der Waals surface area contributed by atoms with Gasteiger partial charge < -0.3 is 15.8 Å². The zero-order valence-corrected chi connectivity index (χ0v) is 11.5. The fourth-order valence-corrected chi connectivity index (χ4v) is 1.53. The summed E-state index contributed by atoms with van der Waals surface area (Å²) in [5, 5.41) is 2.82. The van der Waals surface area contributed by atoms with E-state index in [-0.39, 0.29) is 12.0 Å². The molecule has 0 radical (unpaired) electrons. The van der Waals surface area contributed by atoms with Gasteiger partial charge in [0, 0.05) is 5.69 Å². The Balaban J connectivity index is 2.76. The van der Waals surface area contributed by atoms with Crippen molar-refractivity contribution in [2.24, 2.45) is 5.73 Å². The minimum Gasteiger partial charge on any atom is -0.491 e. The highest BCUT2D eigenvalue weighted by atomic mass is 16.5. The number of hydrogen-bond donors (Lipinski definition) is 2. The van der Waals surface area contributed by atoms with Gasteiger partial charge in [-0.25, -0.2) is 0 Å². The molecule has 1 aromatic rings. The van der Waals surface area contributed by atoms with Crippen molar-refractivity contribution in [3.63, 3.8) is 0 Å². The lowest BCUT2D eigenvalue weighted by atomic mass is 10.1. The van der Waals surface area contributed by atoms with Crippen molar-refractivity contribution in [1.29, 1.82) is 0 Å². The predicted molar refractivity (Wildman–Crippen MR) is 73.8 cm³/mol. The fraction of sp³-hybridized carbons (Fsp3) is 0.500. The van der Waals surface area contributed by atoms with E-state index in [2.05, 4.69) is 5.32 Å². The number of hydrogen-bond acceptors (Lipinski definition) is 3. The minimum absolute atomic E-state index is 0.137. The molecule has 0 unspecified atom stereocenters. The number of amides is 1. The number of rotatable bonds is 5. The quantitative estimate of drug-likeness (QED) is 0.843. The summed E-state index contributed by atoms with van der Waals surface area (Å²) < 4.78 is 5.59. The van der Waals surface area contributed by atoms with Crippen LogP contribution in [0.2, 0.25) is 0 Å². The summed E-state index contributed by atoms with van der Waals surface area (Å²) in [6.07, 6.45) is 0.762. The van der Waals surface area contributed by atoms with Crippen LogP contribution in [0.1, 0.15) is 32.8 Å². The number of aryl methyl sites for hydroxylation is 1. The molecule has 4 nitrogen and oxygen atoms in total. The smallest absolute Gasteiger partial charge is 0.241 e. The van der Waals surface area contributed by atoms with Crippen molar-refractivity contribution in [2.45, 2.75) is 46.3 Å². The predicted octanol–water partition coefficient (Wildman–Crippen LogP) is 2.46. The van der Waals surface area contributed by atoms with Crippen LogP contribution < -0.4 is 15.8 Å². The van der Waals surface area contributed by atoms with Gasteiger partial charge in [-0.15, -0.1) is 0 Å². The molecule has 0 aliphatic rings. The molecule has 1 atom stereocenters. The first-order valence-electron chi connectivity index (χ1n) is 6.27. The van der Waals surface area contributed by atoms with Crippen LogP contribution in [-0.2, 0) is 4.79 Å². The molecule has 0 saturated heterocycles. The number of benzene rings is 1. The lowest BCUT2D eigenvalue weighted by molar-refractivity contribution is -0.117. The standard InChI is InChI=1S/C14H22N2O2/c1-5-12(15)14(17)16-13-7-6-11(8-10(13)4)18-9(2)3/h6-9,12H,5,15H2,1-4H3,(H,16,17)/t12-/m1/s1. The van der Waals surface area contributed by atoms with Crippen molar-refractivity contribution in [2.75, 3.05) is 5.32 Å². The molecule has 0 spiro atoms. The van der Waals surface area contributed by atoms with Gasteiger partial charge in [0.15, 0.2) is 0 Å². The van der Waals surface area contributed by atoms with E-state index < -0.39 is 6.04 Å². The van der Waals surface area contributed by atoms with Crippen LogP contribution in [0.15, 0.2) is 18.2 Å². The van der Waals surface area contributed by atoms with Gasteiger partial charge in [-0.05, 0) is 51.0 Å². The molecule has 0 saturated carbocycles. The molecule has 1 aromatic carbocycles. The summed E-state index contributed by atoms with van der Waals surface area (Å²) in [6, 6.07) is 5.14. The third kappa shape index (κ3) is 4.04. The van der Waals surface area contributed by atoms with Gasteiger partial charge >= 0.3 is 0 Å². The molecular weight excluding hydrogens is 228 g/mol. The summed E-state index contributed by atoms with van der Waals surface area (Å²) >= 11 is 0. The van der Waals surface area contributed by atoms with E-state index in [1.54, 1.807) is 0 Å². The van der Waals surface area contributed by atoms with E-state index in [0.717, 1.165) is 17.0 Å². The molecule has 3 N–H and O–H groups in total. The minimum atomic E-state index is -0.462. The van der Waals surface area contributed by atoms with Gasteiger partial charge in [0.05, 0.1) is 12.1 Å². The van der Waals surface area contributed by atoms with Gasteiger partial charge in [0.25, 0.3) is 0 Å². The SMILES string of the molecule is CC[C@@H](N)C(=O)Nc1ccc(OC(C)C)cc1C. The molecule has 0 fully saturated rings. The lowest BCUT2D eigenvalue weighted by Gasteiger charge is -2.14. The number of carbonyl (C=O) groups is 1. The van der Waals surface area contributed by atoms with Gasteiger partial charge in [0.2, 0.25) is 5.91 Å². The van der Waals surface area contributed by atoms with Crippen molar-refractivity contribution in [1.82, 2.24) is 0 Å². The first-order chi connectivity index (χ1) is 8.43. The highest BCUT2D eigenvalue weighted by molar-refractivity contribution is 5.95. The summed E-state index contributed by atoms with van der Waals surface area (Å²) in [5.41, 5.74) is 7.41. The molecule has 4 heteroatoms. The van der Waals surface area contributed by atoms with Crippen LogP contribution in [0.5, 0.6) is 5.75 Å². The molecule has 1 amide bonds. The van der Waals surface area contributed by atoms with E-state index in [4.69, 9.17) is 10.5 Å². The average molecular weight is 250 g/mol. The van der Waals surface area contributed by atoms with E-state index in [9.17, 15) is 4.79 Å². The second-order valence-corrected chi connectivity index (χ2v) is 4.65. The highest BCUT2D eigenvalue weighted by Gasteiger charge is 2.12. The Hall–Kier alpha value is -1.55. The van der Waals surface area contributed by atoms with Gasteiger partial charge in [0.1, 0.15) is 5.75 Å². The Morgan fingerprint density at radius 3 is 2.61 bits per heavy atom. The molecule has 0 bridgehead atoms. The first-order valence-corrected chi connectivity index (χ1v) is 6.27. The molecule has 100 valence electrons. The van der Waals surface area contributed by atoms with E-state index in [1.807, 2.05) is 45.9 Å². The topological polar surface area (TPSA) is 64.4 Å². The second kappa shape index (κ2) is 6.40. The van der Waals surface area contributed by atoms with Crippen LogP contribution >= 0.6 is 0 Å². The van der Waals surface area contributed by atoms with Crippen molar-refractivity contribution < 1.29 is 9.53 Å². The Labute approximate surface area is 109 Å². The van der Waals surface area contributed by atoms with E-state index in [1.165, 1.54) is 0 Å². The Bertz CT molecular complexity index is 416. The van der Waals surface area contributed by atoms with Crippen LogP contribution in [0, 0.1) is 6.92 Å². The van der Waals surface area contributed by atoms with Crippen molar-refractivity contribution in [3.8, 4) is 5.75 Å². The number of ether oxygens (including phenoxy) is 1. The van der Waals surface area contributed by atoms with Crippen LogP contribution in [-0.4, -0.2) is 18.1 Å². The Morgan fingerprint density at radius 1 is 1.44 bits per heavy atom. The maximum atomic E-state index is 11.7. The van der Waals surface area contributed by atoms with Crippen LogP contribution in [0.4, 0.5) is 5.69 Å². The third-order valence-electron chi connectivity index (χ3n) is 2.60. The van der Waals surface area contributed by atoms with Crippen LogP contribution in [0.25, 0.3) is 0 Å². The molecule has 0 heterocycles. The van der Waals surface area contributed by atoms with Gasteiger partial charge in [-0.3, -0.25) is 4.79 Å². The molecule has 0 aliphatic carbocycles. The lowest BCUT2D eigenvalue weighted by Crippen LogP contribution is -2.34. The second-order valence-electron chi connectivity index (χ2n) is 4.65. The third-order valence-corrected chi connectivity index (χ3v) is 2.60. The first kappa shape index (κ1) is 14.5. The largest absolute Gasteiger partial charge is 0.491 e. The maximum absolute atomic E-state index is 11.7. The summed E-state index contributed by atoms with van der Waals surface area (Å²) in [7, 11) is 0. The van der Waals surface area contributed by atoms with Crippen molar-refractivity contribution in [3.05, 3.63) is 23.8 Å². The Morgan fingerprint density at radius 2 is 2.11 bits per heavy atom. The normalized spacial score (nSPS) is 12.3. The molecule has 0 aliphatic heterocycles. The average Bonchev–Trinajstić information content (AvgIpc) is 2.30. The summed E-state index contributed by atoms with van der Waals surface area (Å²) in [4.78, 5) is 11.7.